The number of aryl methyl sites for hydroxylation is 2. The van der Waals surface area contributed by atoms with Crippen molar-refractivity contribution in [3.05, 3.63) is 50.7 Å². The van der Waals surface area contributed by atoms with Gasteiger partial charge < -0.3 is 24.6 Å². The van der Waals surface area contributed by atoms with Gasteiger partial charge in [0.1, 0.15) is 18.5 Å². The molecule has 1 aromatic carbocycles. The molecule has 0 spiro atoms. The van der Waals surface area contributed by atoms with E-state index in [1.54, 1.807) is 11.6 Å². The molecule has 1 atom stereocenters. The Morgan fingerprint density at radius 3 is 2.65 bits per heavy atom. The van der Waals surface area contributed by atoms with E-state index in [1.807, 2.05) is 50.2 Å². The van der Waals surface area contributed by atoms with Crippen LogP contribution in [0.15, 0.2) is 33.9 Å². The van der Waals surface area contributed by atoms with E-state index in [1.165, 1.54) is 11.6 Å². The number of likely N-dealkylation sites (N-methyl/N-ethyl adjacent to an activating group) is 1. The highest BCUT2D eigenvalue weighted by Gasteiger charge is 2.21. The van der Waals surface area contributed by atoms with E-state index in [0.29, 0.717) is 18.2 Å². The Hall–Kier alpha value is -3.11. The molecule has 3 aromatic rings. The minimum atomic E-state index is -0.894. The topological polar surface area (TPSA) is 107 Å². The SMILES string of the molecule is Cc1cccc(OCC(O)Cn2c(NCCN(C)C)nc3c2c(=O)n(C)c(=O)n3C)c1. The third-order valence-electron chi connectivity index (χ3n) is 5.02. The van der Waals surface area contributed by atoms with E-state index in [4.69, 9.17) is 4.74 Å². The molecule has 10 heteroatoms. The molecule has 3 rings (SSSR count). The van der Waals surface area contributed by atoms with Gasteiger partial charge in [-0.1, -0.05) is 12.1 Å². The van der Waals surface area contributed by atoms with E-state index in [0.717, 1.165) is 16.7 Å². The monoisotopic (exact) mass is 430 g/mol. The smallest absolute Gasteiger partial charge is 0.332 e. The van der Waals surface area contributed by atoms with Gasteiger partial charge in [0.15, 0.2) is 11.2 Å². The average Bonchev–Trinajstić information content (AvgIpc) is 3.07. The lowest BCUT2D eigenvalue weighted by Crippen LogP contribution is -2.38. The maximum atomic E-state index is 12.9. The highest BCUT2D eigenvalue weighted by molar-refractivity contribution is 5.74. The predicted molar refractivity (Wildman–Crippen MR) is 120 cm³/mol. The fourth-order valence-electron chi connectivity index (χ4n) is 3.31. The second-order valence-corrected chi connectivity index (χ2v) is 7.94. The summed E-state index contributed by atoms with van der Waals surface area (Å²) >= 11 is 0. The average molecular weight is 431 g/mol. The van der Waals surface area contributed by atoms with Gasteiger partial charge in [-0.15, -0.1) is 0 Å². The van der Waals surface area contributed by atoms with Crippen molar-refractivity contribution in [1.29, 1.82) is 0 Å². The summed E-state index contributed by atoms with van der Waals surface area (Å²) in [5, 5.41) is 13.9. The first-order chi connectivity index (χ1) is 14.7. The number of hydrogen-bond acceptors (Lipinski definition) is 7. The molecule has 2 aromatic heterocycles. The largest absolute Gasteiger partial charge is 0.491 e. The molecule has 0 saturated carbocycles. The van der Waals surface area contributed by atoms with Crippen LogP contribution in [0.4, 0.5) is 5.95 Å². The van der Waals surface area contributed by atoms with Gasteiger partial charge in [-0.05, 0) is 38.7 Å². The van der Waals surface area contributed by atoms with Crippen molar-refractivity contribution in [2.24, 2.45) is 14.1 Å². The Bertz CT molecular complexity index is 1180. The first kappa shape index (κ1) is 22.6. The maximum Gasteiger partial charge on any atom is 0.332 e. The molecule has 0 radical (unpaired) electrons. The van der Waals surface area contributed by atoms with E-state index in [9.17, 15) is 14.7 Å². The van der Waals surface area contributed by atoms with E-state index >= 15 is 0 Å². The first-order valence-corrected chi connectivity index (χ1v) is 10.1. The minimum Gasteiger partial charge on any atom is -0.491 e. The summed E-state index contributed by atoms with van der Waals surface area (Å²) in [5.41, 5.74) is 0.673. The molecule has 31 heavy (non-hydrogen) atoms. The Kier molecular flexibility index (Phi) is 6.81. The molecule has 2 heterocycles. The highest BCUT2D eigenvalue weighted by atomic mass is 16.5. The number of rotatable bonds is 9. The van der Waals surface area contributed by atoms with E-state index in [2.05, 4.69) is 10.3 Å². The third kappa shape index (κ3) is 4.97. The summed E-state index contributed by atoms with van der Waals surface area (Å²) in [4.78, 5) is 31.7. The number of anilines is 1. The quantitative estimate of drug-likeness (QED) is 0.498. The van der Waals surface area contributed by atoms with Crippen molar-refractivity contribution >= 4 is 17.1 Å². The predicted octanol–water partition coefficient (Wildman–Crippen LogP) is 0.156. The van der Waals surface area contributed by atoms with Gasteiger partial charge in [0.2, 0.25) is 5.95 Å². The maximum absolute atomic E-state index is 12.9. The van der Waals surface area contributed by atoms with Gasteiger partial charge >= 0.3 is 5.69 Å². The van der Waals surface area contributed by atoms with Crippen LogP contribution in [0.1, 0.15) is 5.56 Å². The number of aliphatic hydroxyl groups is 1. The molecule has 0 saturated heterocycles. The zero-order chi connectivity index (χ0) is 22.7. The Morgan fingerprint density at radius 1 is 1.23 bits per heavy atom. The number of nitrogens with one attached hydrogen (secondary N) is 1. The minimum absolute atomic E-state index is 0.0480. The van der Waals surface area contributed by atoms with Crippen molar-refractivity contribution in [1.82, 2.24) is 23.6 Å². The van der Waals surface area contributed by atoms with Crippen LogP contribution in [-0.2, 0) is 20.6 Å². The summed E-state index contributed by atoms with van der Waals surface area (Å²) in [6.07, 6.45) is -0.894. The van der Waals surface area contributed by atoms with Crippen molar-refractivity contribution in [3.8, 4) is 5.75 Å². The molecule has 0 aliphatic carbocycles. The number of imidazole rings is 1. The van der Waals surface area contributed by atoms with Crippen LogP contribution in [0.3, 0.4) is 0 Å². The second-order valence-electron chi connectivity index (χ2n) is 7.94. The number of aromatic nitrogens is 4. The number of ether oxygens (including phenoxy) is 1. The standard InChI is InChI=1S/C21H30N6O4/c1-14-7-6-8-16(11-14)31-13-15(28)12-27-17-18(23-20(27)22-9-10-24(2)3)25(4)21(30)26(5)19(17)29/h6-8,11,15,28H,9-10,12-13H2,1-5H3,(H,22,23). The number of fused-ring (bicyclic) bond motifs is 1. The van der Waals surface area contributed by atoms with Gasteiger partial charge in [0.05, 0.1) is 6.54 Å². The molecule has 0 aliphatic rings. The van der Waals surface area contributed by atoms with Crippen LogP contribution in [0.5, 0.6) is 5.75 Å². The van der Waals surface area contributed by atoms with Crippen molar-refractivity contribution < 1.29 is 9.84 Å². The van der Waals surface area contributed by atoms with Crippen LogP contribution in [0.2, 0.25) is 0 Å². The Labute approximate surface area is 180 Å². The van der Waals surface area contributed by atoms with Crippen LogP contribution >= 0.6 is 0 Å². The number of benzene rings is 1. The fraction of sp³-hybridized carbons (Fsp3) is 0.476. The molecule has 168 valence electrons. The van der Waals surface area contributed by atoms with Crippen LogP contribution in [0.25, 0.3) is 11.2 Å². The van der Waals surface area contributed by atoms with Gasteiger partial charge in [-0.25, -0.2) is 4.79 Å². The summed E-state index contributed by atoms with van der Waals surface area (Å²) < 4.78 is 9.71. The van der Waals surface area contributed by atoms with Gasteiger partial charge in [-0.3, -0.25) is 13.9 Å². The number of hydrogen-bond donors (Lipinski definition) is 2. The van der Waals surface area contributed by atoms with Crippen LogP contribution < -0.4 is 21.3 Å². The Morgan fingerprint density at radius 2 is 1.97 bits per heavy atom. The lowest BCUT2D eigenvalue weighted by molar-refractivity contribution is 0.0938. The fourth-order valence-corrected chi connectivity index (χ4v) is 3.31. The molecule has 0 fully saturated rings. The molecule has 0 aliphatic heterocycles. The summed E-state index contributed by atoms with van der Waals surface area (Å²) in [5.74, 6) is 1.09. The summed E-state index contributed by atoms with van der Waals surface area (Å²) in [6, 6.07) is 7.56. The zero-order valence-electron chi connectivity index (χ0n) is 18.6. The number of aliphatic hydroxyl groups excluding tert-OH is 1. The Balaban J connectivity index is 1.92. The second kappa shape index (κ2) is 9.36. The summed E-state index contributed by atoms with van der Waals surface area (Å²) in [7, 11) is 6.91. The van der Waals surface area contributed by atoms with Crippen LogP contribution in [-0.4, -0.2) is 68.6 Å². The molecular weight excluding hydrogens is 400 g/mol. The van der Waals surface area contributed by atoms with Crippen molar-refractivity contribution in [2.45, 2.75) is 19.6 Å². The molecular formula is C21H30N6O4. The number of nitrogens with zero attached hydrogens (tertiary/aromatic N) is 5. The van der Waals surface area contributed by atoms with E-state index in [-0.39, 0.29) is 24.3 Å². The molecule has 10 nitrogen and oxygen atoms in total. The zero-order valence-corrected chi connectivity index (χ0v) is 18.6. The molecule has 0 bridgehead atoms. The molecule has 0 amide bonds. The van der Waals surface area contributed by atoms with Crippen molar-refractivity contribution in [3.63, 3.8) is 0 Å². The normalized spacial score (nSPS) is 12.5. The first-order valence-electron chi connectivity index (χ1n) is 10.1. The van der Waals surface area contributed by atoms with Gasteiger partial charge in [0.25, 0.3) is 5.56 Å². The van der Waals surface area contributed by atoms with Crippen molar-refractivity contribution in [2.75, 3.05) is 39.1 Å². The lowest BCUT2D eigenvalue weighted by atomic mass is 10.2. The van der Waals surface area contributed by atoms with E-state index < -0.39 is 17.4 Å². The highest BCUT2D eigenvalue weighted by Crippen LogP contribution is 2.17. The molecule has 2 N–H and O–H groups in total. The summed E-state index contributed by atoms with van der Waals surface area (Å²) in [6.45, 7) is 3.43. The van der Waals surface area contributed by atoms with Crippen LogP contribution in [0, 0.1) is 6.92 Å². The van der Waals surface area contributed by atoms with Gasteiger partial charge in [-0.2, -0.15) is 4.98 Å². The lowest BCUT2D eigenvalue weighted by Gasteiger charge is -2.17. The van der Waals surface area contributed by atoms with Gasteiger partial charge in [0, 0.05) is 27.2 Å². The third-order valence-corrected chi connectivity index (χ3v) is 5.02. The molecule has 1 unspecified atom stereocenters.